The highest BCUT2D eigenvalue weighted by Gasteiger charge is 2.34. The Morgan fingerprint density at radius 1 is 0.879 bits per heavy atom. The van der Waals surface area contributed by atoms with Crippen molar-refractivity contribution in [2.45, 2.75) is 12.8 Å². The molecule has 4 rings (SSSR count). The van der Waals surface area contributed by atoms with Crippen molar-refractivity contribution in [2.24, 2.45) is 11.8 Å². The summed E-state index contributed by atoms with van der Waals surface area (Å²) >= 11 is 0. The zero-order valence-corrected chi connectivity index (χ0v) is 18.1. The van der Waals surface area contributed by atoms with Gasteiger partial charge in [0.1, 0.15) is 5.82 Å². The van der Waals surface area contributed by atoms with Crippen molar-refractivity contribution >= 4 is 29.2 Å². The van der Waals surface area contributed by atoms with Crippen LogP contribution in [-0.2, 0) is 9.59 Å². The fourth-order valence-corrected chi connectivity index (χ4v) is 4.37. The second-order valence-corrected chi connectivity index (χ2v) is 8.28. The van der Waals surface area contributed by atoms with Crippen LogP contribution in [0, 0.1) is 17.7 Å². The number of halogens is 1. The second-order valence-electron chi connectivity index (χ2n) is 8.28. The van der Waals surface area contributed by atoms with E-state index in [0.717, 1.165) is 5.69 Å². The lowest BCUT2D eigenvalue weighted by Crippen LogP contribution is -2.49. The summed E-state index contributed by atoms with van der Waals surface area (Å²) < 4.78 is 13.2. The predicted molar refractivity (Wildman–Crippen MR) is 123 cm³/mol. The molecule has 1 heterocycles. The molecule has 0 unspecified atom stereocenters. The van der Waals surface area contributed by atoms with E-state index in [1.807, 2.05) is 6.08 Å². The number of aliphatic carboxylic acids is 1. The molecule has 0 saturated carbocycles. The van der Waals surface area contributed by atoms with Gasteiger partial charge in [-0.2, -0.15) is 0 Å². The number of carbonyl (C=O) groups excluding carboxylic acids is 2. The molecule has 0 spiro atoms. The molecule has 0 aromatic heterocycles. The number of carboxylic acids is 1. The van der Waals surface area contributed by atoms with Crippen LogP contribution in [-0.4, -0.2) is 54.0 Å². The number of carboxylic acid groups (broad SMARTS) is 1. The Kier molecular flexibility index (Phi) is 6.72. The third-order valence-electron chi connectivity index (χ3n) is 6.26. The summed E-state index contributed by atoms with van der Waals surface area (Å²) in [6.45, 7) is 2.21. The first-order valence-corrected chi connectivity index (χ1v) is 11.0. The van der Waals surface area contributed by atoms with Crippen LogP contribution in [0.3, 0.4) is 0 Å². The third-order valence-corrected chi connectivity index (χ3v) is 6.26. The summed E-state index contributed by atoms with van der Waals surface area (Å²) in [4.78, 5) is 41.5. The first-order valence-electron chi connectivity index (χ1n) is 11.0. The highest BCUT2D eigenvalue weighted by molar-refractivity contribution is 6.04. The molecule has 2 aromatic carbocycles. The molecule has 172 valence electrons. The summed E-state index contributed by atoms with van der Waals surface area (Å²) in [7, 11) is 0. The van der Waals surface area contributed by atoms with Crippen LogP contribution in [0.5, 0.6) is 0 Å². The number of hydrogen-bond donors (Lipinski definition) is 2. The SMILES string of the molecule is O=C(O)[C@H]1CC=CC[C@H]1C(=O)Nc1ccccc1C(=O)N1CCN(c2ccc(F)cc2)CC1. The van der Waals surface area contributed by atoms with Crippen molar-refractivity contribution in [2.75, 3.05) is 36.4 Å². The van der Waals surface area contributed by atoms with E-state index < -0.39 is 23.7 Å². The van der Waals surface area contributed by atoms with Crippen LogP contribution in [0.15, 0.2) is 60.7 Å². The minimum atomic E-state index is -0.997. The fourth-order valence-electron chi connectivity index (χ4n) is 4.37. The number of para-hydroxylation sites is 1. The van der Waals surface area contributed by atoms with Crippen molar-refractivity contribution in [3.8, 4) is 0 Å². The van der Waals surface area contributed by atoms with Gasteiger partial charge >= 0.3 is 5.97 Å². The third kappa shape index (κ3) is 5.05. The van der Waals surface area contributed by atoms with Crippen LogP contribution < -0.4 is 10.2 Å². The molecular formula is C25H26FN3O4. The van der Waals surface area contributed by atoms with Gasteiger partial charge in [0.05, 0.1) is 23.1 Å². The maximum atomic E-state index is 13.2. The number of anilines is 2. The number of nitrogens with one attached hydrogen (secondary N) is 1. The van der Waals surface area contributed by atoms with E-state index in [1.54, 1.807) is 47.4 Å². The highest BCUT2D eigenvalue weighted by atomic mass is 19.1. The monoisotopic (exact) mass is 451 g/mol. The Morgan fingerprint density at radius 3 is 2.18 bits per heavy atom. The Morgan fingerprint density at radius 2 is 1.52 bits per heavy atom. The number of piperazine rings is 1. The van der Waals surface area contributed by atoms with Crippen LogP contribution in [0.2, 0.25) is 0 Å². The van der Waals surface area contributed by atoms with Gasteiger partial charge in [-0.3, -0.25) is 14.4 Å². The second kappa shape index (κ2) is 9.85. The largest absolute Gasteiger partial charge is 0.481 e. The molecule has 33 heavy (non-hydrogen) atoms. The number of carbonyl (C=O) groups is 3. The van der Waals surface area contributed by atoms with E-state index in [0.29, 0.717) is 50.3 Å². The van der Waals surface area contributed by atoms with E-state index >= 15 is 0 Å². The number of allylic oxidation sites excluding steroid dienone is 2. The summed E-state index contributed by atoms with van der Waals surface area (Å²) in [6, 6.07) is 13.1. The Balaban J connectivity index is 1.43. The molecule has 1 fully saturated rings. The Hall–Kier alpha value is -3.68. The topological polar surface area (TPSA) is 89.9 Å². The molecular weight excluding hydrogens is 425 g/mol. The van der Waals surface area contributed by atoms with Gasteiger partial charge in [0.15, 0.2) is 0 Å². The minimum absolute atomic E-state index is 0.192. The first-order chi connectivity index (χ1) is 15.9. The number of rotatable bonds is 5. The molecule has 2 amide bonds. The number of nitrogens with zero attached hydrogens (tertiary/aromatic N) is 2. The number of amides is 2. The van der Waals surface area contributed by atoms with Gasteiger partial charge in [0.2, 0.25) is 5.91 Å². The molecule has 0 bridgehead atoms. The lowest BCUT2D eigenvalue weighted by atomic mass is 9.82. The molecule has 2 atom stereocenters. The Bertz CT molecular complexity index is 1060. The van der Waals surface area contributed by atoms with Gasteiger partial charge in [0.25, 0.3) is 5.91 Å². The molecule has 2 aromatic rings. The van der Waals surface area contributed by atoms with Crippen LogP contribution >= 0.6 is 0 Å². The lowest BCUT2D eigenvalue weighted by molar-refractivity contribution is -0.146. The molecule has 2 aliphatic rings. The minimum Gasteiger partial charge on any atom is -0.481 e. The number of hydrogen-bond acceptors (Lipinski definition) is 4. The van der Waals surface area contributed by atoms with Crippen molar-refractivity contribution < 1.29 is 23.9 Å². The first kappa shape index (κ1) is 22.5. The van der Waals surface area contributed by atoms with Crippen LogP contribution in [0.1, 0.15) is 23.2 Å². The molecule has 8 heteroatoms. The van der Waals surface area contributed by atoms with Crippen LogP contribution in [0.4, 0.5) is 15.8 Å². The zero-order valence-electron chi connectivity index (χ0n) is 18.1. The summed E-state index contributed by atoms with van der Waals surface area (Å²) in [5, 5.41) is 12.3. The van der Waals surface area contributed by atoms with Gasteiger partial charge in [-0.25, -0.2) is 4.39 Å². The quantitative estimate of drug-likeness (QED) is 0.681. The summed E-state index contributed by atoms with van der Waals surface area (Å²) in [5.74, 6) is -3.34. The van der Waals surface area contributed by atoms with Crippen molar-refractivity contribution in [1.29, 1.82) is 0 Å². The normalized spacial score (nSPS) is 20.4. The van der Waals surface area contributed by atoms with Crippen molar-refractivity contribution in [3.63, 3.8) is 0 Å². The zero-order chi connectivity index (χ0) is 23.4. The molecule has 2 N–H and O–H groups in total. The molecule has 7 nitrogen and oxygen atoms in total. The molecule has 0 radical (unpaired) electrons. The van der Waals surface area contributed by atoms with E-state index in [2.05, 4.69) is 10.2 Å². The molecule has 1 aliphatic heterocycles. The fraction of sp³-hybridized carbons (Fsp3) is 0.320. The van der Waals surface area contributed by atoms with E-state index in [1.165, 1.54) is 12.1 Å². The average molecular weight is 451 g/mol. The van der Waals surface area contributed by atoms with E-state index in [9.17, 15) is 23.9 Å². The van der Waals surface area contributed by atoms with Crippen molar-refractivity contribution in [1.82, 2.24) is 4.90 Å². The van der Waals surface area contributed by atoms with Gasteiger partial charge in [-0.15, -0.1) is 0 Å². The van der Waals surface area contributed by atoms with E-state index in [4.69, 9.17) is 0 Å². The predicted octanol–water partition coefficient (Wildman–Crippen LogP) is 3.39. The van der Waals surface area contributed by atoms with Gasteiger partial charge in [-0.1, -0.05) is 24.3 Å². The lowest BCUT2D eigenvalue weighted by Gasteiger charge is -2.36. The van der Waals surface area contributed by atoms with Gasteiger partial charge < -0.3 is 20.2 Å². The maximum Gasteiger partial charge on any atom is 0.307 e. The summed E-state index contributed by atoms with van der Waals surface area (Å²) in [5.41, 5.74) is 1.66. The van der Waals surface area contributed by atoms with Gasteiger partial charge in [0, 0.05) is 31.9 Å². The standard InChI is InChI=1S/C25H26FN3O4/c26-17-9-11-18(12-10-17)28-13-15-29(16-14-28)24(31)21-7-3-4-8-22(21)27-23(30)19-5-1-2-6-20(19)25(32)33/h1-4,7-12,19-20H,5-6,13-16H2,(H,27,30)(H,32,33)/t19-,20+/m1/s1. The van der Waals surface area contributed by atoms with Crippen molar-refractivity contribution in [3.05, 3.63) is 72.1 Å². The van der Waals surface area contributed by atoms with Crippen LogP contribution in [0.25, 0.3) is 0 Å². The smallest absolute Gasteiger partial charge is 0.307 e. The van der Waals surface area contributed by atoms with Gasteiger partial charge in [-0.05, 0) is 49.2 Å². The highest BCUT2D eigenvalue weighted by Crippen LogP contribution is 2.28. The number of benzene rings is 2. The summed E-state index contributed by atoms with van der Waals surface area (Å²) in [6.07, 6.45) is 4.27. The molecule has 1 aliphatic carbocycles. The van der Waals surface area contributed by atoms with E-state index in [-0.39, 0.29) is 11.7 Å². The molecule has 1 saturated heterocycles. The maximum absolute atomic E-state index is 13.2. The average Bonchev–Trinajstić information content (AvgIpc) is 2.84. The Labute approximate surface area is 191 Å².